The van der Waals surface area contributed by atoms with Crippen molar-refractivity contribution in [3.05, 3.63) is 108 Å². The molecule has 0 fully saturated rings. The molecule has 0 radical (unpaired) electrons. The number of aliphatic hydroxyl groups is 1. The van der Waals surface area contributed by atoms with Gasteiger partial charge in [-0.25, -0.2) is 9.97 Å². The Bertz CT molecular complexity index is 1720. The first-order chi connectivity index (χ1) is 20.7. The summed E-state index contributed by atoms with van der Waals surface area (Å²) in [7, 11) is 0. The van der Waals surface area contributed by atoms with E-state index < -0.39 is 5.60 Å². The van der Waals surface area contributed by atoms with E-state index in [0.717, 1.165) is 56.8 Å². The predicted molar refractivity (Wildman–Crippen MR) is 176 cm³/mol. The molecule has 0 unspecified atom stereocenters. The topological polar surface area (TPSA) is 81.5 Å². The molecule has 0 saturated carbocycles. The summed E-state index contributed by atoms with van der Waals surface area (Å²) in [6, 6.07) is 31.8. The van der Waals surface area contributed by atoms with Gasteiger partial charge in [0, 0.05) is 6.42 Å². The van der Waals surface area contributed by atoms with Crippen molar-refractivity contribution in [2.75, 3.05) is 0 Å². The molecule has 0 atom stereocenters. The molecule has 2 heterocycles. The number of hydrogen-bond donors (Lipinski definition) is 1. The van der Waals surface area contributed by atoms with E-state index >= 15 is 0 Å². The second kappa shape index (κ2) is 13.9. The standard InChI is InChI=1S/C18H19NO2S.C17H15NO2S/c1-18(2,20)12-11-13-7-9-14(10-8-13)21-17-19-15-5-3-4-6-16(15)22-17;1-12(19)6-7-13-8-10-14(11-9-13)20-17-18-15-4-2-3-5-16(15)21-17/h3-10,20H,11-12H2,1-2H3;2-5,8-11H,6-7H2,1H3. The smallest absolute Gasteiger partial charge is 0.279 e. The second-order valence-corrected chi connectivity index (χ2v) is 12.9. The molecule has 1 N–H and O–H groups in total. The lowest BCUT2D eigenvalue weighted by Gasteiger charge is -2.16. The van der Waals surface area contributed by atoms with Gasteiger partial charge in [-0.2, -0.15) is 0 Å². The molecule has 6 aromatic rings. The molecule has 0 bridgehead atoms. The molecule has 8 heteroatoms. The zero-order valence-electron chi connectivity index (χ0n) is 24.4. The van der Waals surface area contributed by atoms with Crippen molar-refractivity contribution in [1.29, 1.82) is 0 Å². The maximum atomic E-state index is 11.0. The van der Waals surface area contributed by atoms with E-state index in [-0.39, 0.29) is 5.78 Å². The third-order valence-corrected chi connectivity index (χ3v) is 8.43. The number of ether oxygens (including phenoxy) is 2. The Hall–Kier alpha value is -4.11. The van der Waals surface area contributed by atoms with Crippen LogP contribution >= 0.6 is 22.7 Å². The lowest BCUT2D eigenvalue weighted by molar-refractivity contribution is -0.116. The molecule has 0 spiro atoms. The van der Waals surface area contributed by atoms with Crippen LogP contribution in [-0.4, -0.2) is 26.5 Å². The highest BCUT2D eigenvalue weighted by Gasteiger charge is 2.12. The van der Waals surface area contributed by atoms with E-state index in [4.69, 9.17) is 9.47 Å². The maximum absolute atomic E-state index is 11.0. The minimum absolute atomic E-state index is 0.213. The summed E-state index contributed by atoms with van der Waals surface area (Å²) in [5, 5.41) is 11.1. The van der Waals surface area contributed by atoms with Crippen LogP contribution in [-0.2, 0) is 17.6 Å². The van der Waals surface area contributed by atoms with Gasteiger partial charge in [0.25, 0.3) is 10.4 Å². The number of aromatic nitrogens is 2. The van der Waals surface area contributed by atoms with Crippen LogP contribution in [0.1, 0.15) is 44.7 Å². The fraction of sp³-hybridized carbons (Fsp3) is 0.229. The second-order valence-electron chi connectivity index (χ2n) is 10.9. The van der Waals surface area contributed by atoms with Gasteiger partial charge in [-0.1, -0.05) is 71.2 Å². The molecule has 0 amide bonds. The minimum Gasteiger partial charge on any atom is -0.431 e. The van der Waals surface area contributed by atoms with Gasteiger partial charge in [0.05, 0.1) is 26.0 Å². The number of rotatable bonds is 10. The quantitative estimate of drug-likeness (QED) is 0.166. The highest BCUT2D eigenvalue weighted by molar-refractivity contribution is 7.20. The fourth-order valence-electron chi connectivity index (χ4n) is 4.21. The van der Waals surface area contributed by atoms with E-state index in [2.05, 4.69) is 9.97 Å². The Morgan fingerprint density at radius 1 is 0.698 bits per heavy atom. The Labute approximate surface area is 259 Å². The van der Waals surface area contributed by atoms with Gasteiger partial charge in [-0.3, -0.25) is 0 Å². The predicted octanol–water partition coefficient (Wildman–Crippen LogP) is 9.40. The van der Waals surface area contributed by atoms with Crippen molar-refractivity contribution in [1.82, 2.24) is 9.97 Å². The van der Waals surface area contributed by atoms with Crippen molar-refractivity contribution in [2.24, 2.45) is 0 Å². The third kappa shape index (κ3) is 9.19. The number of thiazole rings is 2. The average Bonchev–Trinajstić information content (AvgIpc) is 3.59. The highest BCUT2D eigenvalue weighted by atomic mass is 32.1. The van der Waals surface area contributed by atoms with Gasteiger partial charge in [0.15, 0.2) is 0 Å². The number of Topliss-reactive ketones (excluding diaryl/α,β-unsaturated/α-hetero) is 1. The fourth-order valence-corrected chi connectivity index (χ4v) is 5.88. The van der Waals surface area contributed by atoms with E-state index in [1.807, 2.05) is 111 Å². The molecule has 0 saturated heterocycles. The average molecular weight is 611 g/mol. The Morgan fingerprint density at radius 3 is 1.56 bits per heavy atom. The first-order valence-electron chi connectivity index (χ1n) is 14.2. The zero-order chi connectivity index (χ0) is 30.2. The summed E-state index contributed by atoms with van der Waals surface area (Å²) in [5.74, 6) is 1.76. The number of hydrogen-bond acceptors (Lipinski definition) is 8. The van der Waals surface area contributed by atoms with Crippen LogP contribution in [0.4, 0.5) is 0 Å². The molecule has 220 valence electrons. The zero-order valence-corrected chi connectivity index (χ0v) is 26.1. The van der Waals surface area contributed by atoms with Crippen LogP contribution in [0.25, 0.3) is 20.4 Å². The normalized spacial score (nSPS) is 11.3. The van der Waals surface area contributed by atoms with E-state index in [9.17, 15) is 9.90 Å². The molecule has 6 rings (SSSR count). The first-order valence-corrected chi connectivity index (χ1v) is 15.8. The number of para-hydroxylation sites is 2. The van der Waals surface area contributed by atoms with Crippen LogP contribution in [0.15, 0.2) is 97.1 Å². The highest BCUT2D eigenvalue weighted by Crippen LogP contribution is 2.32. The van der Waals surface area contributed by atoms with Gasteiger partial charge in [-0.15, -0.1) is 0 Å². The molecule has 0 aliphatic rings. The molecular weight excluding hydrogens is 577 g/mol. The lowest BCUT2D eigenvalue weighted by Crippen LogP contribution is -2.19. The number of carbonyl (C=O) groups excluding carboxylic acids is 1. The number of fused-ring (bicyclic) bond motifs is 2. The Balaban J connectivity index is 0.000000171. The van der Waals surface area contributed by atoms with Gasteiger partial charge in [-0.05, 0) is 99.7 Å². The summed E-state index contributed by atoms with van der Waals surface area (Å²) in [4.78, 5) is 19.9. The number of ketones is 1. The van der Waals surface area contributed by atoms with Crippen molar-refractivity contribution in [3.8, 4) is 21.9 Å². The molecule has 43 heavy (non-hydrogen) atoms. The molecular formula is C35H34N2O4S2. The summed E-state index contributed by atoms with van der Waals surface area (Å²) in [5.41, 5.74) is 3.62. The van der Waals surface area contributed by atoms with Gasteiger partial charge >= 0.3 is 0 Å². The van der Waals surface area contributed by atoms with Gasteiger partial charge in [0.1, 0.15) is 17.3 Å². The van der Waals surface area contributed by atoms with Crippen LogP contribution in [0.5, 0.6) is 21.9 Å². The number of benzene rings is 4. The maximum Gasteiger partial charge on any atom is 0.279 e. The number of carbonyl (C=O) groups is 1. The van der Waals surface area contributed by atoms with Crippen molar-refractivity contribution in [2.45, 2.75) is 52.1 Å². The minimum atomic E-state index is -0.629. The summed E-state index contributed by atoms with van der Waals surface area (Å²) < 4.78 is 13.8. The van der Waals surface area contributed by atoms with Gasteiger partial charge in [0.2, 0.25) is 0 Å². The van der Waals surface area contributed by atoms with E-state index in [1.165, 1.54) is 16.9 Å². The van der Waals surface area contributed by atoms with Crippen molar-refractivity contribution < 1.29 is 19.4 Å². The Kier molecular flexibility index (Phi) is 9.82. The monoisotopic (exact) mass is 610 g/mol. The lowest BCUT2D eigenvalue weighted by atomic mass is 9.99. The van der Waals surface area contributed by atoms with Crippen molar-refractivity contribution >= 4 is 48.9 Å². The largest absolute Gasteiger partial charge is 0.431 e. The SMILES string of the molecule is CC(=O)CCc1ccc(Oc2nc3ccccc3s2)cc1.CC(C)(O)CCc1ccc(Oc2nc3ccccc3s2)cc1. The molecule has 0 aliphatic heterocycles. The molecule has 0 aliphatic carbocycles. The van der Waals surface area contributed by atoms with Crippen molar-refractivity contribution in [3.63, 3.8) is 0 Å². The van der Waals surface area contributed by atoms with E-state index in [0.29, 0.717) is 16.8 Å². The first kappa shape index (κ1) is 30.4. The van der Waals surface area contributed by atoms with E-state index in [1.54, 1.807) is 18.3 Å². The van der Waals surface area contributed by atoms with Crippen LogP contribution in [0.3, 0.4) is 0 Å². The van der Waals surface area contributed by atoms with Crippen LogP contribution in [0, 0.1) is 0 Å². The molecule has 6 nitrogen and oxygen atoms in total. The molecule has 2 aromatic heterocycles. The van der Waals surface area contributed by atoms with Gasteiger partial charge < -0.3 is 19.4 Å². The number of aryl methyl sites for hydroxylation is 2. The summed E-state index contributed by atoms with van der Waals surface area (Å²) >= 11 is 3.08. The number of nitrogens with zero attached hydrogens (tertiary/aromatic N) is 2. The summed E-state index contributed by atoms with van der Waals surface area (Å²) in [6.07, 6.45) is 2.95. The van der Waals surface area contributed by atoms with Crippen LogP contribution < -0.4 is 9.47 Å². The summed E-state index contributed by atoms with van der Waals surface area (Å²) in [6.45, 7) is 5.28. The third-order valence-electron chi connectivity index (χ3n) is 6.60. The Morgan fingerprint density at radius 2 is 1.14 bits per heavy atom. The van der Waals surface area contributed by atoms with Crippen LogP contribution in [0.2, 0.25) is 0 Å². The molecule has 4 aromatic carbocycles.